The first-order chi connectivity index (χ1) is 33.6. The Morgan fingerprint density at radius 1 is 0.435 bits per heavy atom. The zero-order valence-corrected chi connectivity index (χ0v) is 44.7. The zero-order chi connectivity index (χ0) is 50.6. The second-order valence-corrected chi connectivity index (χ2v) is 19.1. The van der Waals surface area contributed by atoms with Gasteiger partial charge in [0.2, 0.25) is 0 Å². The normalized spacial score (nSPS) is 13.7. The second-order valence-electron chi connectivity index (χ2n) is 19.1. The molecule has 0 fully saturated rings. The molecule has 0 saturated heterocycles. The highest BCUT2D eigenvalue weighted by Crippen LogP contribution is 2.15. The van der Waals surface area contributed by atoms with Crippen LogP contribution in [-0.2, 0) is 28.6 Å². The summed E-state index contributed by atoms with van der Waals surface area (Å²) in [5.74, 6) is -1.77. The number of hydrogen-bond acceptors (Lipinski definition) is 7. The van der Waals surface area contributed by atoms with Crippen molar-refractivity contribution in [3.8, 4) is 0 Å². The Labute approximate surface area is 423 Å². The predicted octanol–water partition coefficient (Wildman–Crippen LogP) is 15.0. The van der Waals surface area contributed by atoms with Gasteiger partial charge in [-0.25, -0.2) is 0 Å². The van der Waals surface area contributed by atoms with Crippen LogP contribution in [0.2, 0.25) is 0 Å². The monoisotopic (exact) mass is 960 g/mol. The molecule has 0 aliphatic carbocycles. The van der Waals surface area contributed by atoms with Gasteiger partial charge in [-0.1, -0.05) is 200 Å². The largest absolute Gasteiger partial charge is 0.544 e. The first-order valence-electron chi connectivity index (χ1n) is 27.4. The summed E-state index contributed by atoms with van der Waals surface area (Å²) < 4.78 is 17.3. The molecule has 0 aromatic rings. The van der Waals surface area contributed by atoms with E-state index in [1.54, 1.807) is 21.1 Å². The molecular weight excluding hydrogens is 859 g/mol. The molecule has 0 aliphatic heterocycles. The maximum Gasteiger partial charge on any atom is 0.306 e. The molecule has 0 bridgehead atoms. The van der Waals surface area contributed by atoms with Crippen LogP contribution in [0, 0.1) is 0 Å². The molecular formula is C61H101NO7. The summed E-state index contributed by atoms with van der Waals surface area (Å²) in [7, 11) is 5.41. The molecule has 0 rings (SSSR count). The van der Waals surface area contributed by atoms with E-state index in [1.165, 1.54) is 57.8 Å². The van der Waals surface area contributed by atoms with E-state index in [0.717, 1.165) is 116 Å². The van der Waals surface area contributed by atoms with Crippen molar-refractivity contribution in [1.82, 2.24) is 0 Å². The number of likely N-dealkylation sites (N-methyl/N-ethyl adjacent to an activating group) is 1. The molecule has 8 heteroatoms. The highest BCUT2D eigenvalue weighted by atomic mass is 16.6. The SMILES string of the molecule is CC/C=C/C/C=C/C/C=C/C/C=C/C/C=C/CCCCCCCCC(=O)OCC(COCCC(C(=O)[O-])[N+](C)(C)C)OC(=O)CCCCCCCCCCCC/C=C/C/C=C/C/C=C/C/C=C/CC. The minimum Gasteiger partial charge on any atom is -0.544 e. The van der Waals surface area contributed by atoms with Crippen molar-refractivity contribution < 1.29 is 38.2 Å². The van der Waals surface area contributed by atoms with Gasteiger partial charge in [0, 0.05) is 19.3 Å². The van der Waals surface area contributed by atoms with Gasteiger partial charge in [-0.2, -0.15) is 0 Å². The summed E-state index contributed by atoms with van der Waals surface area (Å²) in [6.07, 6.45) is 69.8. The van der Waals surface area contributed by atoms with Gasteiger partial charge in [0.05, 0.1) is 40.3 Å². The van der Waals surface area contributed by atoms with E-state index in [9.17, 15) is 19.5 Å². The Bertz CT molecular complexity index is 1490. The Hall–Kier alpha value is -4.01. The summed E-state index contributed by atoms with van der Waals surface area (Å²) in [5.41, 5.74) is 0. The van der Waals surface area contributed by atoms with Crippen LogP contribution in [0.5, 0.6) is 0 Å². The van der Waals surface area contributed by atoms with Crippen LogP contribution in [0.25, 0.3) is 0 Å². The van der Waals surface area contributed by atoms with E-state index < -0.39 is 18.1 Å². The molecule has 8 nitrogen and oxygen atoms in total. The van der Waals surface area contributed by atoms with Gasteiger partial charge in [0.15, 0.2) is 6.10 Å². The van der Waals surface area contributed by atoms with E-state index in [2.05, 4.69) is 123 Å². The number of allylic oxidation sites excluding steroid dienone is 18. The number of esters is 2. The van der Waals surface area contributed by atoms with Crippen molar-refractivity contribution in [2.75, 3.05) is 41.0 Å². The second kappa shape index (κ2) is 50.4. The molecule has 0 aliphatic rings. The molecule has 2 atom stereocenters. The number of quaternary nitrogens is 1. The van der Waals surface area contributed by atoms with E-state index in [-0.39, 0.29) is 42.7 Å². The van der Waals surface area contributed by atoms with Crippen molar-refractivity contribution >= 4 is 17.9 Å². The molecule has 0 radical (unpaired) electrons. The number of carbonyl (C=O) groups is 3. The lowest BCUT2D eigenvalue weighted by Crippen LogP contribution is -2.55. The average molecular weight is 960 g/mol. The fourth-order valence-corrected chi connectivity index (χ4v) is 7.50. The van der Waals surface area contributed by atoms with Crippen LogP contribution < -0.4 is 5.11 Å². The smallest absolute Gasteiger partial charge is 0.306 e. The molecule has 0 aromatic carbocycles. The van der Waals surface area contributed by atoms with Crippen molar-refractivity contribution in [1.29, 1.82) is 0 Å². The number of aliphatic carboxylic acids is 1. The Kier molecular flexibility index (Phi) is 47.5. The van der Waals surface area contributed by atoms with Gasteiger partial charge in [-0.05, 0) is 96.3 Å². The minimum absolute atomic E-state index is 0.0278. The maximum atomic E-state index is 12.8. The molecule has 0 heterocycles. The highest BCUT2D eigenvalue weighted by Gasteiger charge is 2.25. The van der Waals surface area contributed by atoms with Gasteiger partial charge in [-0.3, -0.25) is 9.59 Å². The highest BCUT2D eigenvalue weighted by molar-refractivity contribution is 5.70. The van der Waals surface area contributed by atoms with Gasteiger partial charge in [-0.15, -0.1) is 0 Å². The lowest BCUT2D eigenvalue weighted by molar-refractivity contribution is -0.889. The van der Waals surface area contributed by atoms with Crippen LogP contribution in [0.4, 0.5) is 0 Å². The standard InChI is InChI=1S/C61H101NO7/c1-6-8-10-12-14-16-18-20-22-24-26-28-30-32-34-36-38-40-42-44-46-48-50-52-60(64)69-57(55-67-54-53-58(61(65)66)62(3,4)5)56-68-59(63)51-49-47-45-43-41-39-37-35-33-31-29-27-25-23-21-19-17-15-13-11-9-7-2/h8-11,14-17,20-23,26-29,33,35,57-58H,6-7,12-13,18-19,24-25,30-32,34,36-56H2,1-5H3/b10-8+,11-9+,16-14+,17-15+,22-20+,23-21+,28-26+,29-27+,35-33+. The predicted molar refractivity (Wildman–Crippen MR) is 291 cm³/mol. The molecule has 0 spiro atoms. The first kappa shape index (κ1) is 65.0. The van der Waals surface area contributed by atoms with Gasteiger partial charge < -0.3 is 28.6 Å². The van der Waals surface area contributed by atoms with Gasteiger partial charge >= 0.3 is 11.9 Å². The van der Waals surface area contributed by atoms with Crippen LogP contribution in [-0.4, -0.2) is 75.5 Å². The van der Waals surface area contributed by atoms with E-state index >= 15 is 0 Å². The summed E-state index contributed by atoms with van der Waals surface area (Å²) in [4.78, 5) is 37.1. The number of carboxylic acids is 1. The summed E-state index contributed by atoms with van der Waals surface area (Å²) in [6.45, 7) is 4.42. The van der Waals surface area contributed by atoms with Crippen molar-refractivity contribution in [2.45, 2.75) is 219 Å². The number of carbonyl (C=O) groups excluding carboxylic acids is 3. The first-order valence-corrected chi connectivity index (χ1v) is 27.4. The van der Waals surface area contributed by atoms with Crippen LogP contribution >= 0.6 is 0 Å². The zero-order valence-electron chi connectivity index (χ0n) is 44.7. The number of nitrogens with zero attached hydrogens (tertiary/aromatic N) is 1. The van der Waals surface area contributed by atoms with Gasteiger partial charge in [0.1, 0.15) is 12.6 Å². The fraction of sp³-hybridized carbons (Fsp3) is 0.656. The summed E-state index contributed by atoms with van der Waals surface area (Å²) in [5, 5.41) is 11.7. The Morgan fingerprint density at radius 3 is 1.13 bits per heavy atom. The Balaban J connectivity index is 4.26. The quantitative estimate of drug-likeness (QED) is 0.0259. The summed E-state index contributed by atoms with van der Waals surface area (Å²) >= 11 is 0. The average Bonchev–Trinajstić information content (AvgIpc) is 3.31. The van der Waals surface area contributed by atoms with Gasteiger partial charge in [0.25, 0.3) is 0 Å². The fourth-order valence-electron chi connectivity index (χ4n) is 7.50. The van der Waals surface area contributed by atoms with Crippen LogP contribution in [0.15, 0.2) is 109 Å². The number of rotatable bonds is 48. The number of ether oxygens (including phenoxy) is 3. The number of hydrogen-bond donors (Lipinski definition) is 0. The number of unbranched alkanes of at least 4 members (excludes halogenated alkanes) is 16. The summed E-state index contributed by atoms with van der Waals surface area (Å²) in [6, 6.07) is -0.736. The third-order valence-corrected chi connectivity index (χ3v) is 11.7. The Morgan fingerprint density at radius 2 is 0.768 bits per heavy atom. The maximum absolute atomic E-state index is 12.8. The van der Waals surface area contributed by atoms with E-state index in [0.29, 0.717) is 12.8 Å². The molecule has 0 N–H and O–H groups in total. The number of carboxylic acid groups (broad SMARTS) is 1. The van der Waals surface area contributed by atoms with Crippen molar-refractivity contribution in [3.05, 3.63) is 109 Å². The molecule has 2 unspecified atom stereocenters. The molecule has 0 amide bonds. The molecule has 392 valence electrons. The third-order valence-electron chi connectivity index (χ3n) is 11.7. The minimum atomic E-state index is -1.13. The van der Waals surface area contributed by atoms with Crippen LogP contribution in [0.3, 0.4) is 0 Å². The topological polar surface area (TPSA) is 102 Å². The molecule has 0 saturated carbocycles. The van der Waals surface area contributed by atoms with Crippen molar-refractivity contribution in [2.24, 2.45) is 0 Å². The third kappa shape index (κ3) is 48.8. The van der Waals surface area contributed by atoms with E-state index in [4.69, 9.17) is 14.2 Å². The van der Waals surface area contributed by atoms with E-state index in [1.807, 2.05) is 0 Å². The lowest BCUT2D eigenvalue weighted by atomic mass is 10.0. The molecule has 0 aromatic heterocycles. The van der Waals surface area contributed by atoms with Crippen LogP contribution in [0.1, 0.15) is 206 Å². The van der Waals surface area contributed by atoms with Crippen molar-refractivity contribution in [3.63, 3.8) is 0 Å². The lowest BCUT2D eigenvalue weighted by Gasteiger charge is -2.34. The molecule has 69 heavy (non-hydrogen) atoms.